The Hall–Kier alpha value is -2.25. The van der Waals surface area contributed by atoms with Crippen LogP contribution in [0.1, 0.15) is 13.8 Å². The van der Waals surface area contributed by atoms with E-state index in [1.807, 2.05) is 0 Å². The Bertz CT molecular complexity index is 466. The van der Waals surface area contributed by atoms with Gasteiger partial charge in [-0.2, -0.15) is 0 Å². The molecule has 17 heavy (non-hydrogen) atoms. The second-order valence-corrected chi connectivity index (χ2v) is 3.94. The normalized spacial score (nSPS) is 28.0. The predicted molar refractivity (Wildman–Crippen MR) is 55.4 cm³/mol. The van der Waals surface area contributed by atoms with Crippen molar-refractivity contribution in [3.05, 3.63) is 43.7 Å². The van der Waals surface area contributed by atoms with Gasteiger partial charge in [0, 0.05) is 11.0 Å². The molecule has 0 aromatic heterocycles. The van der Waals surface area contributed by atoms with Crippen LogP contribution in [0.4, 0.5) is 0 Å². The molecule has 0 amide bonds. The Morgan fingerprint density at radius 3 is 2.35 bits per heavy atom. The molecule has 0 saturated heterocycles. The van der Waals surface area contributed by atoms with Gasteiger partial charge in [-0.1, -0.05) is 0 Å². The second kappa shape index (κ2) is 3.96. The maximum absolute atomic E-state index is 11.1. The first-order valence-corrected chi connectivity index (χ1v) is 4.63. The number of rotatable bonds is 3. The second-order valence-electron chi connectivity index (χ2n) is 3.94. The molecule has 0 aromatic carbocycles. The average Bonchev–Trinajstić information content (AvgIpc) is 2.19. The maximum Gasteiger partial charge on any atom is 0.327 e. The highest BCUT2D eigenvalue weighted by Crippen LogP contribution is 2.38. The number of carboxylic acid groups (broad SMARTS) is 1. The first kappa shape index (κ1) is 12.8. The minimum absolute atomic E-state index is 0.303. The predicted octanol–water partition coefficient (Wildman–Crippen LogP) is 0.843. The third kappa shape index (κ3) is 1.88. The lowest BCUT2D eigenvalue weighted by atomic mass is 9.75. The monoisotopic (exact) mass is 242 g/mol. The van der Waals surface area contributed by atoms with Crippen LogP contribution in [0.5, 0.6) is 0 Å². The summed E-state index contributed by atoms with van der Waals surface area (Å²) in [5, 5.41) is 30.7. The summed E-state index contributed by atoms with van der Waals surface area (Å²) in [5.74, 6) is -1.59. The lowest BCUT2D eigenvalue weighted by Crippen LogP contribution is -2.48. The van der Waals surface area contributed by atoms with Crippen LogP contribution in [-0.2, 0) is 4.79 Å². The molecule has 1 aliphatic carbocycles. The van der Waals surface area contributed by atoms with E-state index in [0.717, 1.165) is 19.1 Å². The smallest absolute Gasteiger partial charge is 0.327 e. The number of aliphatic carboxylic acids is 1. The number of carbonyl (C=O) groups is 1. The third-order valence-electron chi connectivity index (χ3n) is 2.78. The van der Waals surface area contributed by atoms with Crippen molar-refractivity contribution in [2.45, 2.75) is 19.9 Å². The fourth-order valence-electron chi connectivity index (χ4n) is 1.73. The molecule has 1 N–H and O–H groups in total. The molecule has 0 spiro atoms. The van der Waals surface area contributed by atoms with Crippen LogP contribution in [0.2, 0.25) is 0 Å². The van der Waals surface area contributed by atoms with Crippen molar-refractivity contribution in [3.8, 4) is 0 Å². The van der Waals surface area contributed by atoms with E-state index in [4.69, 9.17) is 5.11 Å². The molecule has 0 aromatic rings. The van der Waals surface area contributed by atoms with E-state index in [9.17, 15) is 25.0 Å². The van der Waals surface area contributed by atoms with Crippen molar-refractivity contribution in [1.82, 2.24) is 0 Å². The summed E-state index contributed by atoms with van der Waals surface area (Å²) in [5.41, 5.74) is -2.53. The van der Waals surface area contributed by atoms with E-state index in [2.05, 4.69) is 0 Å². The molecule has 0 radical (unpaired) electrons. The van der Waals surface area contributed by atoms with Gasteiger partial charge in [-0.25, -0.2) is 0 Å². The van der Waals surface area contributed by atoms with E-state index in [-0.39, 0.29) is 0 Å². The fourth-order valence-corrected chi connectivity index (χ4v) is 1.73. The van der Waals surface area contributed by atoms with E-state index >= 15 is 0 Å². The highest BCUT2D eigenvalue weighted by Gasteiger charge is 2.59. The van der Waals surface area contributed by atoms with Crippen LogP contribution >= 0.6 is 0 Å². The minimum atomic E-state index is -2.16. The van der Waals surface area contributed by atoms with Crippen molar-refractivity contribution in [2.24, 2.45) is 5.41 Å². The Morgan fingerprint density at radius 1 is 1.47 bits per heavy atom. The standard InChI is InChI=1S/C9H10N2O6/c1-5-3-6(10(14)15)9(2,8(12)13)7(4-5)11(16)17/h3-4,6H,1-2H3,(H,12,13). The largest absolute Gasteiger partial charge is 0.480 e. The lowest BCUT2D eigenvalue weighted by Gasteiger charge is -2.26. The van der Waals surface area contributed by atoms with E-state index < -0.39 is 33.0 Å². The van der Waals surface area contributed by atoms with Gasteiger partial charge in [-0.3, -0.25) is 25.0 Å². The van der Waals surface area contributed by atoms with Crippen LogP contribution in [0.25, 0.3) is 0 Å². The van der Waals surface area contributed by atoms with Crippen LogP contribution < -0.4 is 0 Å². The zero-order chi connectivity index (χ0) is 13.4. The summed E-state index contributed by atoms with van der Waals surface area (Å²) in [6, 6.07) is -1.65. The van der Waals surface area contributed by atoms with Gasteiger partial charge >= 0.3 is 5.97 Å². The molecule has 8 heteroatoms. The SMILES string of the molecule is CC1=CC([N+](=O)[O-])C(C)(C(=O)O)C([N+](=O)[O-])=C1. The molecule has 0 saturated carbocycles. The molecule has 0 aliphatic heterocycles. The molecular weight excluding hydrogens is 232 g/mol. The highest BCUT2D eigenvalue weighted by atomic mass is 16.6. The highest BCUT2D eigenvalue weighted by molar-refractivity contribution is 5.79. The summed E-state index contributed by atoms with van der Waals surface area (Å²) >= 11 is 0. The molecule has 8 nitrogen and oxygen atoms in total. The van der Waals surface area contributed by atoms with Gasteiger partial charge < -0.3 is 5.11 Å². The zero-order valence-corrected chi connectivity index (χ0v) is 9.11. The number of carboxylic acids is 1. The minimum Gasteiger partial charge on any atom is -0.480 e. The zero-order valence-electron chi connectivity index (χ0n) is 9.11. The molecule has 0 fully saturated rings. The summed E-state index contributed by atoms with van der Waals surface area (Å²) in [7, 11) is 0. The first-order valence-electron chi connectivity index (χ1n) is 4.63. The van der Waals surface area contributed by atoms with Gasteiger partial charge in [0.25, 0.3) is 11.7 Å². The fraction of sp³-hybridized carbons (Fsp3) is 0.444. The Balaban J connectivity index is 3.47. The third-order valence-corrected chi connectivity index (χ3v) is 2.78. The van der Waals surface area contributed by atoms with Crippen molar-refractivity contribution >= 4 is 5.97 Å². The number of allylic oxidation sites excluding steroid dienone is 2. The Labute approximate surface area is 95.5 Å². The van der Waals surface area contributed by atoms with Crippen molar-refractivity contribution in [1.29, 1.82) is 0 Å². The molecule has 2 unspecified atom stereocenters. The maximum atomic E-state index is 11.1. The number of hydrogen-bond donors (Lipinski definition) is 1. The van der Waals surface area contributed by atoms with Gasteiger partial charge in [0.15, 0.2) is 0 Å². The van der Waals surface area contributed by atoms with Crippen LogP contribution in [0, 0.1) is 25.6 Å². The van der Waals surface area contributed by atoms with Crippen molar-refractivity contribution < 1.29 is 19.7 Å². The quantitative estimate of drug-likeness (QED) is 0.577. The van der Waals surface area contributed by atoms with Gasteiger partial charge in [0.2, 0.25) is 5.41 Å². The van der Waals surface area contributed by atoms with Gasteiger partial charge in [0.05, 0.1) is 4.92 Å². The van der Waals surface area contributed by atoms with Crippen LogP contribution in [0.3, 0.4) is 0 Å². The number of nitro groups is 2. The lowest BCUT2D eigenvalue weighted by molar-refractivity contribution is -0.536. The van der Waals surface area contributed by atoms with Crippen LogP contribution in [-0.4, -0.2) is 27.0 Å². The molecule has 0 heterocycles. The summed E-state index contributed by atoms with van der Waals surface area (Å²) in [6.45, 7) is 2.43. The van der Waals surface area contributed by atoms with E-state index in [0.29, 0.717) is 5.57 Å². The molecule has 2 atom stereocenters. The van der Waals surface area contributed by atoms with Crippen molar-refractivity contribution in [3.63, 3.8) is 0 Å². The van der Waals surface area contributed by atoms with Gasteiger partial charge in [0.1, 0.15) is 0 Å². The Kier molecular flexibility index (Phi) is 2.99. The topological polar surface area (TPSA) is 124 Å². The molecular formula is C9H10N2O6. The number of nitrogens with zero attached hydrogens (tertiary/aromatic N) is 2. The summed E-state index contributed by atoms with van der Waals surface area (Å²) < 4.78 is 0. The number of hydrogen-bond acceptors (Lipinski definition) is 5. The van der Waals surface area contributed by atoms with Gasteiger partial charge in [-0.15, -0.1) is 0 Å². The molecule has 0 bridgehead atoms. The molecule has 92 valence electrons. The summed E-state index contributed by atoms with van der Waals surface area (Å²) in [6.07, 6.45) is 2.16. The molecule has 1 rings (SSSR count). The van der Waals surface area contributed by atoms with E-state index in [1.165, 1.54) is 6.92 Å². The first-order chi connectivity index (χ1) is 7.71. The van der Waals surface area contributed by atoms with E-state index in [1.54, 1.807) is 0 Å². The van der Waals surface area contributed by atoms with Crippen LogP contribution in [0.15, 0.2) is 23.4 Å². The molecule has 1 aliphatic rings. The summed E-state index contributed by atoms with van der Waals surface area (Å²) in [4.78, 5) is 31.1. The van der Waals surface area contributed by atoms with Gasteiger partial charge in [-0.05, 0) is 25.5 Å². The average molecular weight is 242 g/mol. The van der Waals surface area contributed by atoms with Crippen molar-refractivity contribution in [2.75, 3.05) is 0 Å². The Morgan fingerprint density at radius 2 is 2.00 bits per heavy atom.